The zero-order valence-corrected chi connectivity index (χ0v) is 21.4. The van der Waals surface area contributed by atoms with E-state index in [4.69, 9.17) is 28.3 Å². The van der Waals surface area contributed by atoms with Gasteiger partial charge in [-0.25, -0.2) is 0 Å². The lowest BCUT2D eigenvalue weighted by Crippen LogP contribution is -2.05. The highest BCUT2D eigenvalue weighted by Gasteiger charge is 2.30. The molecule has 2 aliphatic carbocycles. The monoisotopic (exact) mass is 527 g/mol. The summed E-state index contributed by atoms with van der Waals surface area (Å²) < 4.78 is 0. The molecule has 4 aromatic rings. The first-order valence-electron chi connectivity index (χ1n) is 12.2. The quantitative estimate of drug-likeness (QED) is 0.256. The molecule has 0 aliphatic heterocycles. The second-order valence-electron chi connectivity index (χ2n) is 9.68. The molecule has 0 spiro atoms. The maximum Gasteiger partial charge on any atom is 0.303 e. The summed E-state index contributed by atoms with van der Waals surface area (Å²) in [5, 5.41) is 11.5. The molecule has 6 heteroatoms. The molecule has 0 radical (unpaired) electrons. The van der Waals surface area contributed by atoms with Crippen LogP contribution in [0.5, 0.6) is 0 Å². The first-order chi connectivity index (χ1) is 17.9. The van der Waals surface area contributed by atoms with Gasteiger partial charge in [-0.1, -0.05) is 47.5 Å². The fourth-order valence-electron chi connectivity index (χ4n) is 5.47. The summed E-state index contributed by atoms with van der Waals surface area (Å²) in [7, 11) is 0. The average molecular weight is 528 g/mol. The van der Waals surface area contributed by atoms with Crippen molar-refractivity contribution in [3.05, 3.63) is 104 Å². The zero-order chi connectivity index (χ0) is 25.7. The molecule has 1 aromatic heterocycles. The van der Waals surface area contributed by atoms with Crippen molar-refractivity contribution in [3.8, 4) is 11.3 Å². The lowest BCUT2D eigenvalue weighted by atomic mass is 9.93. The number of ketones is 1. The number of rotatable bonds is 7. The average Bonchev–Trinajstić information content (AvgIpc) is 3.57. The number of halogens is 2. The molecular formula is C31H23Cl2NO3. The smallest absolute Gasteiger partial charge is 0.303 e. The molecule has 0 saturated heterocycles. The Morgan fingerprint density at radius 3 is 2.51 bits per heavy atom. The van der Waals surface area contributed by atoms with Gasteiger partial charge in [0.05, 0.1) is 0 Å². The molecule has 0 saturated carbocycles. The Labute approximate surface area is 224 Å². The van der Waals surface area contributed by atoms with Gasteiger partial charge in [-0.2, -0.15) is 0 Å². The molecule has 0 amide bonds. The highest BCUT2D eigenvalue weighted by atomic mass is 35.5. The van der Waals surface area contributed by atoms with Gasteiger partial charge in [0, 0.05) is 45.1 Å². The molecule has 2 N–H and O–H groups in total. The van der Waals surface area contributed by atoms with Crippen LogP contribution in [0.15, 0.2) is 71.8 Å². The van der Waals surface area contributed by atoms with E-state index < -0.39 is 5.97 Å². The second kappa shape index (κ2) is 9.37. The third kappa shape index (κ3) is 4.52. The van der Waals surface area contributed by atoms with Crippen molar-refractivity contribution in [3.63, 3.8) is 0 Å². The predicted octanol–water partition coefficient (Wildman–Crippen LogP) is 7.92. The van der Waals surface area contributed by atoms with Gasteiger partial charge in [0.15, 0.2) is 5.78 Å². The molecular weight excluding hydrogens is 505 g/mol. The van der Waals surface area contributed by atoms with Gasteiger partial charge in [-0.05, 0) is 101 Å². The van der Waals surface area contributed by atoms with Crippen LogP contribution in [0.1, 0.15) is 41.5 Å². The number of aromatic amines is 1. The van der Waals surface area contributed by atoms with E-state index in [9.17, 15) is 9.59 Å². The Bertz CT molecular complexity index is 1680. The summed E-state index contributed by atoms with van der Waals surface area (Å²) in [6.45, 7) is 0. The van der Waals surface area contributed by atoms with Crippen LogP contribution < -0.4 is 0 Å². The normalized spacial score (nSPS) is 14.2. The number of aliphatic carboxylic acids is 1. The topological polar surface area (TPSA) is 70.2 Å². The Balaban J connectivity index is 1.38. The Kier molecular flexibility index (Phi) is 6.02. The Morgan fingerprint density at radius 1 is 0.865 bits per heavy atom. The van der Waals surface area contributed by atoms with Crippen molar-refractivity contribution < 1.29 is 14.7 Å². The molecule has 3 aromatic carbocycles. The number of benzene rings is 3. The summed E-state index contributed by atoms with van der Waals surface area (Å²) in [5.41, 5.74) is 10.2. The third-order valence-electron chi connectivity index (χ3n) is 7.22. The Morgan fingerprint density at radius 2 is 1.68 bits per heavy atom. The maximum atomic E-state index is 13.5. The second-order valence-corrected chi connectivity index (χ2v) is 10.5. The molecule has 184 valence electrons. The van der Waals surface area contributed by atoms with Crippen molar-refractivity contribution in [2.45, 2.75) is 32.1 Å². The number of hydrogen-bond donors (Lipinski definition) is 2. The number of carboxylic acid groups (broad SMARTS) is 1. The van der Waals surface area contributed by atoms with Gasteiger partial charge in [0.25, 0.3) is 0 Å². The van der Waals surface area contributed by atoms with E-state index in [0.29, 0.717) is 22.9 Å². The number of allylic oxidation sites excluding steroid dienone is 3. The van der Waals surface area contributed by atoms with Crippen LogP contribution in [0.2, 0.25) is 10.0 Å². The number of carbonyl (C=O) groups is 2. The molecule has 6 rings (SSSR count). The van der Waals surface area contributed by atoms with E-state index in [0.717, 1.165) is 62.0 Å². The van der Waals surface area contributed by atoms with E-state index in [1.54, 1.807) is 0 Å². The number of H-pyrrole nitrogens is 1. The van der Waals surface area contributed by atoms with Gasteiger partial charge in [-0.15, -0.1) is 0 Å². The lowest BCUT2D eigenvalue weighted by molar-refractivity contribution is -0.137. The van der Waals surface area contributed by atoms with Crippen LogP contribution in [0, 0.1) is 0 Å². The lowest BCUT2D eigenvalue weighted by Gasteiger charge is -2.09. The summed E-state index contributed by atoms with van der Waals surface area (Å²) in [4.78, 5) is 28.0. The fourth-order valence-corrected chi connectivity index (χ4v) is 5.83. The molecule has 0 bridgehead atoms. The van der Waals surface area contributed by atoms with Crippen molar-refractivity contribution >= 4 is 57.5 Å². The first kappa shape index (κ1) is 23.8. The zero-order valence-electron chi connectivity index (χ0n) is 19.9. The number of carbonyl (C=O) groups excluding carboxylic acids is 1. The van der Waals surface area contributed by atoms with Crippen LogP contribution >= 0.6 is 23.2 Å². The molecule has 0 atom stereocenters. The van der Waals surface area contributed by atoms with E-state index in [-0.39, 0.29) is 18.6 Å². The summed E-state index contributed by atoms with van der Waals surface area (Å²) in [5.74, 6) is -0.887. The minimum absolute atomic E-state index is 0.00195. The minimum atomic E-state index is -0.885. The minimum Gasteiger partial charge on any atom is -0.481 e. The SMILES string of the molecule is O=C(O)CCCC(=O)C1=C(C2=Cc3cc(Cl)ccc3C2)Cc2cc(-c3cc4cc(Cl)ccc4[nH]3)ccc21. The molecule has 2 aliphatic rings. The number of aromatic nitrogens is 1. The Hall–Kier alpha value is -3.60. The van der Waals surface area contributed by atoms with Crippen LogP contribution in [-0.4, -0.2) is 21.8 Å². The van der Waals surface area contributed by atoms with Crippen molar-refractivity contribution in [2.75, 3.05) is 0 Å². The van der Waals surface area contributed by atoms with Gasteiger partial charge in [0.1, 0.15) is 0 Å². The van der Waals surface area contributed by atoms with E-state index >= 15 is 0 Å². The number of carboxylic acids is 1. The van der Waals surface area contributed by atoms with Crippen LogP contribution in [0.3, 0.4) is 0 Å². The highest BCUT2D eigenvalue weighted by Crippen LogP contribution is 2.43. The van der Waals surface area contributed by atoms with E-state index in [1.165, 1.54) is 5.56 Å². The number of nitrogens with one attached hydrogen (secondary N) is 1. The summed E-state index contributed by atoms with van der Waals surface area (Å²) in [6, 6.07) is 20.0. The highest BCUT2D eigenvalue weighted by molar-refractivity contribution is 6.31. The standard InChI is InChI=1S/C31H23Cl2NO3/c32-23-6-4-17-10-20(12-19(17)13-23)26-15-21-11-18(28-16-22-14-24(33)7-9-27(22)34-28)5-8-25(21)31(26)29(35)2-1-3-30(36)37/h4-9,11-14,16,34H,1-3,10,15H2,(H,36,37). The predicted molar refractivity (Wildman–Crippen MR) is 149 cm³/mol. The van der Waals surface area contributed by atoms with Crippen LogP contribution in [-0.2, 0) is 22.4 Å². The van der Waals surface area contributed by atoms with Gasteiger partial charge < -0.3 is 10.1 Å². The molecule has 0 unspecified atom stereocenters. The van der Waals surface area contributed by atoms with Crippen LogP contribution in [0.4, 0.5) is 0 Å². The summed E-state index contributed by atoms with van der Waals surface area (Å²) in [6.07, 6.45) is 4.05. The van der Waals surface area contributed by atoms with Crippen molar-refractivity contribution in [2.24, 2.45) is 0 Å². The van der Waals surface area contributed by atoms with Crippen molar-refractivity contribution in [1.82, 2.24) is 4.98 Å². The van der Waals surface area contributed by atoms with Gasteiger partial charge in [0.2, 0.25) is 0 Å². The van der Waals surface area contributed by atoms with Gasteiger partial charge >= 0.3 is 5.97 Å². The largest absolute Gasteiger partial charge is 0.481 e. The molecule has 37 heavy (non-hydrogen) atoms. The molecule has 1 heterocycles. The molecule has 0 fully saturated rings. The van der Waals surface area contributed by atoms with E-state index in [2.05, 4.69) is 23.2 Å². The van der Waals surface area contributed by atoms with Gasteiger partial charge in [-0.3, -0.25) is 9.59 Å². The summed E-state index contributed by atoms with van der Waals surface area (Å²) >= 11 is 12.4. The van der Waals surface area contributed by atoms with Crippen LogP contribution in [0.25, 0.3) is 33.8 Å². The van der Waals surface area contributed by atoms with Crippen molar-refractivity contribution in [1.29, 1.82) is 0 Å². The number of hydrogen-bond acceptors (Lipinski definition) is 2. The fraction of sp³-hybridized carbons (Fsp3) is 0.161. The first-order valence-corrected chi connectivity index (χ1v) is 13.0. The maximum absolute atomic E-state index is 13.5. The molecule has 4 nitrogen and oxygen atoms in total. The van der Waals surface area contributed by atoms with E-state index in [1.807, 2.05) is 48.5 Å². The third-order valence-corrected chi connectivity index (χ3v) is 7.69. The number of Topliss-reactive ketones (excluding diaryl/α,β-unsaturated/α-hetero) is 1. The number of fused-ring (bicyclic) bond motifs is 3.